The van der Waals surface area contributed by atoms with Gasteiger partial charge in [-0.15, -0.1) is 0 Å². The summed E-state index contributed by atoms with van der Waals surface area (Å²) in [5.41, 5.74) is 2.81. The second-order valence-corrected chi connectivity index (χ2v) is 7.29. The van der Waals surface area contributed by atoms with E-state index in [1.165, 1.54) is 6.20 Å². The van der Waals surface area contributed by atoms with Crippen molar-refractivity contribution in [2.75, 3.05) is 11.6 Å². The molecule has 11 nitrogen and oxygen atoms in total. The van der Waals surface area contributed by atoms with Crippen LogP contribution in [0.15, 0.2) is 54.2 Å². The van der Waals surface area contributed by atoms with Gasteiger partial charge in [-0.05, 0) is 24.3 Å². The van der Waals surface area contributed by atoms with Crippen LogP contribution in [0.1, 0.15) is 27.7 Å². The molecule has 0 saturated carbocycles. The van der Waals surface area contributed by atoms with Crippen LogP contribution >= 0.6 is 0 Å². The summed E-state index contributed by atoms with van der Waals surface area (Å²) in [6.07, 6.45) is 7.38. The maximum absolute atomic E-state index is 11.2. The van der Waals surface area contributed by atoms with Gasteiger partial charge < -0.3 is 42.5 Å². The molecule has 0 aliphatic rings. The monoisotopic (exact) mass is 819 g/mol. The number of hydrogen-bond donors (Lipinski definition) is 3. The van der Waals surface area contributed by atoms with Crippen molar-refractivity contribution in [1.29, 1.82) is 0 Å². The third-order valence-electron chi connectivity index (χ3n) is 3.33. The largest absolute Gasteiger partial charge is 2.00 e. The van der Waals surface area contributed by atoms with Crippen molar-refractivity contribution in [2.24, 2.45) is 0 Å². The summed E-state index contributed by atoms with van der Waals surface area (Å²) in [6, 6.07) is 6.96. The molecule has 3 N–H and O–H groups in total. The Hall–Kier alpha value is -1.81. The molecule has 0 atom stereocenters. The molecule has 4 heterocycles. The number of anilines is 1. The van der Waals surface area contributed by atoms with E-state index in [1.807, 2.05) is 33.8 Å². The average Bonchev–Trinajstić information content (AvgIpc) is 3.57. The Kier molecular flexibility index (Phi) is 45.9. The number of hydrogen-bond acceptors (Lipinski definition) is 9. The first kappa shape index (κ1) is 58.0. The van der Waals surface area contributed by atoms with Gasteiger partial charge in [0, 0.05) is 31.0 Å². The number of nitrogens with zero attached hydrogens (tertiary/aromatic N) is 6. The summed E-state index contributed by atoms with van der Waals surface area (Å²) in [5, 5.41) is 15.5. The van der Waals surface area contributed by atoms with Crippen LogP contribution in [-0.4, -0.2) is 55.0 Å². The number of aromatic nitrogens is 8. The minimum Gasteiger partial charge on any atom is -0.507 e. The van der Waals surface area contributed by atoms with E-state index >= 15 is 0 Å². The van der Waals surface area contributed by atoms with Gasteiger partial charge in [-0.2, -0.15) is 10.2 Å². The van der Waals surface area contributed by atoms with Gasteiger partial charge in [0.25, 0.3) is 0 Å². The van der Waals surface area contributed by atoms with Gasteiger partial charge in [-0.3, -0.25) is 17.2 Å². The van der Waals surface area contributed by atoms with Gasteiger partial charge >= 0.3 is 58.2 Å². The zero-order valence-corrected chi connectivity index (χ0v) is 31.6. The molecule has 0 amide bonds. The number of aromatic amines is 2. The van der Waals surface area contributed by atoms with Gasteiger partial charge in [-0.25, -0.2) is 28.4 Å². The van der Waals surface area contributed by atoms with Crippen LogP contribution in [0.2, 0.25) is 0 Å². The number of H-pyrrole nitrogens is 2. The minimum absolute atomic E-state index is 0. The molecule has 0 saturated heterocycles. The van der Waals surface area contributed by atoms with E-state index in [0.717, 1.165) is 17.6 Å². The van der Waals surface area contributed by atoms with Gasteiger partial charge in [0.05, 0.1) is 22.8 Å². The van der Waals surface area contributed by atoms with Gasteiger partial charge in [0.2, 0.25) is 15.0 Å². The second kappa shape index (κ2) is 31.7. The topological polar surface area (TPSA) is 155 Å². The van der Waals surface area contributed by atoms with Crippen molar-refractivity contribution in [3.63, 3.8) is 0 Å². The van der Waals surface area contributed by atoms with Crippen LogP contribution in [0.3, 0.4) is 0 Å². The molecule has 222 valence electrons. The van der Waals surface area contributed by atoms with Crippen LogP contribution in [0.4, 0.5) is 5.95 Å². The summed E-state index contributed by atoms with van der Waals surface area (Å²) >= 11 is 0. The molecule has 4 rings (SSSR count). The molecule has 4 aromatic heterocycles. The summed E-state index contributed by atoms with van der Waals surface area (Å²) in [7, 11) is 0.105. The summed E-state index contributed by atoms with van der Waals surface area (Å²) in [4.78, 5) is 15.7. The number of nitrogens with one attached hydrogen (secondary N) is 3. The standard InChI is InChI=1S/C8H8N5.C8H8N4O2S.2C2H6.5CH3.2V.W/c1-9-8-10-4-2-6(12-8)7-3-5-11-13-7;1-15(13,14)8-9-4-2-6(11-8)7-3-5-10-12-7;2*1-2;;;;;;;;/h2-5H,1H2,(H,11,13)(H,9,10,12);2-5H,1H3,(H,10,12);2*1-2H3;5*1H3;;;/q-1;;;;5*-1;3*+2. The quantitative estimate of drug-likeness (QED) is 0.176. The first-order valence-corrected chi connectivity index (χ1v) is 11.8. The Balaban J connectivity index is -0.0000000646. The normalized spacial score (nSPS) is 7.85. The van der Waals surface area contributed by atoms with Gasteiger partial charge in [0.1, 0.15) is 0 Å². The Morgan fingerprint density at radius 1 is 0.700 bits per heavy atom. The van der Waals surface area contributed by atoms with Crippen LogP contribution in [-0.2, 0) is 68.0 Å². The average molecular weight is 819 g/mol. The van der Waals surface area contributed by atoms with E-state index in [-0.39, 0.29) is 100 Å². The fourth-order valence-corrected chi connectivity index (χ4v) is 2.58. The molecule has 0 aliphatic carbocycles. The van der Waals surface area contributed by atoms with Crippen molar-refractivity contribution in [1.82, 2.24) is 40.3 Å². The van der Waals surface area contributed by atoms with E-state index in [1.54, 1.807) is 36.8 Å². The van der Waals surface area contributed by atoms with E-state index in [0.29, 0.717) is 17.3 Å². The van der Waals surface area contributed by atoms with E-state index in [4.69, 9.17) is 0 Å². The van der Waals surface area contributed by atoms with Crippen molar-refractivity contribution in [2.45, 2.75) is 32.9 Å². The van der Waals surface area contributed by atoms with Crippen molar-refractivity contribution >= 4 is 15.8 Å². The van der Waals surface area contributed by atoms with Crippen molar-refractivity contribution in [3.8, 4) is 22.8 Å². The summed E-state index contributed by atoms with van der Waals surface area (Å²) in [5.74, 6) is 0.493. The molecule has 0 bridgehead atoms. The second-order valence-electron chi connectivity index (χ2n) is 5.38. The first-order valence-electron chi connectivity index (χ1n) is 9.86. The third kappa shape index (κ3) is 19.3. The molecule has 2 radical (unpaired) electrons. The van der Waals surface area contributed by atoms with Crippen LogP contribution in [0.5, 0.6) is 0 Å². The smallest absolute Gasteiger partial charge is 0.507 e. The number of rotatable bonds is 4. The summed E-state index contributed by atoms with van der Waals surface area (Å²) in [6.45, 7) is 8.00. The summed E-state index contributed by atoms with van der Waals surface area (Å²) < 4.78 is 22.4. The fourth-order valence-electron chi connectivity index (χ4n) is 2.06. The predicted molar refractivity (Wildman–Crippen MR) is 156 cm³/mol. The molecule has 0 aliphatic heterocycles. The van der Waals surface area contributed by atoms with Crippen LogP contribution in [0, 0.1) is 44.2 Å². The molecule has 4 aromatic rings. The third-order valence-corrected chi connectivity index (χ3v) is 4.19. The van der Waals surface area contributed by atoms with Crippen molar-refractivity contribution < 1.29 is 66.6 Å². The Bertz CT molecular complexity index is 1150. The fraction of sp³-hybridized carbons (Fsp3) is 0.200. The van der Waals surface area contributed by atoms with E-state index in [9.17, 15) is 8.42 Å². The molecular formula is C25H43N9O2SV2W. The molecule has 0 fully saturated rings. The van der Waals surface area contributed by atoms with Crippen LogP contribution in [0.25, 0.3) is 22.8 Å². The Morgan fingerprint density at radius 2 is 1.10 bits per heavy atom. The van der Waals surface area contributed by atoms with Crippen LogP contribution < -0.4 is 5.32 Å². The molecule has 0 spiro atoms. The Morgan fingerprint density at radius 3 is 1.45 bits per heavy atom. The first-order chi connectivity index (χ1) is 15.5. The van der Waals surface area contributed by atoms with E-state index in [2.05, 4.69) is 52.7 Å². The molecule has 0 unspecified atom stereocenters. The van der Waals surface area contributed by atoms with Crippen molar-refractivity contribution in [3.05, 3.63) is 93.2 Å². The molecule has 0 aromatic carbocycles. The minimum atomic E-state index is -3.37. The van der Waals surface area contributed by atoms with E-state index < -0.39 is 9.84 Å². The zero-order chi connectivity index (χ0) is 24.0. The molecule has 40 heavy (non-hydrogen) atoms. The maximum atomic E-state index is 11.2. The molecule has 15 heteroatoms. The van der Waals surface area contributed by atoms with Gasteiger partial charge in [-0.1, -0.05) is 27.7 Å². The van der Waals surface area contributed by atoms with Gasteiger partial charge in [0.15, 0.2) is 5.95 Å². The predicted octanol–water partition coefficient (Wildman–Crippen LogP) is 5.64. The zero-order valence-electron chi connectivity index (χ0n) is 25.0. The molecular weight excluding hydrogens is 776 g/mol. The maximum Gasteiger partial charge on any atom is 2.00 e. The number of sulfone groups is 1. The SMILES string of the molecule is CC.CC.CS(=O)(=O)c1nccc(-c2ccn[nH]2)n1.[CH2-]Nc1nccc(-c2ccn[nH]2)n1.[CH3-].[CH3-].[CH3-].[CH3-].[CH3-].[V+2].[V+2].[W+2]. The Labute approximate surface area is 281 Å².